The lowest BCUT2D eigenvalue weighted by Crippen LogP contribution is -2.54. The normalized spacial score (nSPS) is 37.5. The second-order valence-electron chi connectivity index (χ2n) is 4.26. The molecule has 0 radical (unpaired) electrons. The summed E-state index contributed by atoms with van der Waals surface area (Å²) in [6, 6.07) is 0. The molecule has 1 aliphatic heterocycles. The molecule has 1 aliphatic rings. The van der Waals surface area contributed by atoms with Crippen LogP contribution in [0.15, 0.2) is 12.7 Å². The Morgan fingerprint density at radius 1 is 1.53 bits per heavy atom. The lowest BCUT2D eigenvalue weighted by Gasteiger charge is -2.41. The Morgan fingerprint density at radius 2 is 2.18 bits per heavy atom. The van der Waals surface area contributed by atoms with Gasteiger partial charge in [-0.15, -0.1) is 6.58 Å². The molecule has 5 nitrogen and oxygen atoms in total. The number of carbonyl (C=O) groups excluding carboxylic acids is 1. The summed E-state index contributed by atoms with van der Waals surface area (Å²) < 4.78 is 16.0. The van der Waals surface area contributed by atoms with E-state index in [1.54, 1.807) is 19.9 Å². The van der Waals surface area contributed by atoms with Crippen LogP contribution in [0.25, 0.3) is 0 Å². The van der Waals surface area contributed by atoms with E-state index in [0.29, 0.717) is 6.61 Å². The van der Waals surface area contributed by atoms with E-state index in [4.69, 9.17) is 14.2 Å². The monoisotopic (exact) mass is 244 g/mol. The van der Waals surface area contributed by atoms with E-state index in [-0.39, 0.29) is 5.92 Å². The molecule has 1 fully saturated rings. The first-order chi connectivity index (χ1) is 7.97. The minimum Gasteiger partial charge on any atom is -0.457 e. The SMILES string of the molecule is C=CCO[C@H]1OC(C)[C@H](OC(C)=O)C(O)[C@H]1C. The molecule has 0 aromatic carbocycles. The summed E-state index contributed by atoms with van der Waals surface area (Å²) in [5.41, 5.74) is 0. The highest BCUT2D eigenvalue weighted by Crippen LogP contribution is 2.28. The van der Waals surface area contributed by atoms with Gasteiger partial charge in [-0.05, 0) is 6.92 Å². The number of rotatable bonds is 4. The average molecular weight is 244 g/mol. The number of carbonyl (C=O) groups is 1. The van der Waals surface area contributed by atoms with Gasteiger partial charge >= 0.3 is 5.97 Å². The standard InChI is InChI=1S/C12H20O5/c1-5-6-15-12-7(2)10(14)11(8(3)16-12)17-9(4)13/h5,7-8,10-12,14H,1,6H2,2-4H3/t7-,8?,10?,11+,12+/m1/s1. The van der Waals surface area contributed by atoms with Crippen LogP contribution in [0.2, 0.25) is 0 Å². The zero-order valence-corrected chi connectivity index (χ0v) is 10.5. The molecule has 0 aliphatic carbocycles. The number of aliphatic hydroxyl groups excluding tert-OH is 1. The van der Waals surface area contributed by atoms with Gasteiger partial charge in [0.25, 0.3) is 0 Å². The van der Waals surface area contributed by atoms with Crippen LogP contribution in [0.1, 0.15) is 20.8 Å². The third-order valence-corrected chi connectivity index (χ3v) is 2.80. The molecule has 1 rings (SSSR count). The molecule has 1 saturated heterocycles. The van der Waals surface area contributed by atoms with Crippen molar-refractivity contribution in [3.8, 4) is 0 Å². The van der Waals surface area contributed by atoms with E-state index < -0.39 is 30.6 Å². The summed E-state index contributed by atoms with van der Waals surface area (Å²) in [5, 5.41) is 10.1. The fraction of sp³-hybridized carbons (Fsp3) is 0.750. The van der Waals surface area contributed by atoms with Gasteiger partial charge in [-0.1, -0.05) is 13.0 Å². The molecule has 0 spiro atoms. The third kappa shape index (κ3) is 3.52. The molecule has 1 heterocycles. The summed E-state index contributed by atoms with van der Waals surface area (Å²) in [6.45, 7) is 8.75. The van der Waals surface area contributed by atoms with Gasteiger partial charge in [0.05, 0.1) is 12.7 Å². The van der Waals surface area contributed by atoms with Crippen molar-refractivity contribution in [2.75, 3.05) is 6.61 Å². The van der Waals surface area contributed by atoms with Gasteiger partial charge in [-0.25, -0.2) is 0 Å². The molecule has 0 bridgehead atoms. The van der Waals surface area contributed by atoms with Crippen molar-refractivity contribution in [1.29, 1.82) is 0 Å². The molecular formula is C12H20O5. The van der Waals surface area contributed by atoms with Crippen molar-refractivity contribution in [3.05, 3.63) is 12.7 Å². The zero-order chi connectivity index (χ0) is 13.0. The Bertz CT molecular complexity index is 278. The molecule has 0 aromatic rings. The van der Waals surface area contributed by atoms with Gasteiger partial charge in [0.1, 0.15) is 6.10 Å². The van der Waals surface area contributed by atoms with Gasteiger partial charge in [0, 0.05) is 12.8 Å². The maximum Gasteiger partial charge on any atom is 0.303 e. The highest BCUT2D eigenvalue weighted by molar-refractivity contribution is 5.66. The van der Waals surface area contributed by atoms with Crippen LogP contribution >= 0.6 is 0 Å². The molecular weight excluding hydrogens is 224 g/mol. The predicted molar refractivity (Wildman–Crippen MR) is 61.2 cm³/mol. The number of esters is 1. The molecule has 98 valence electrons. The van der Waals surface area contributed by atoms with Crippen molar-refractivity contribution in [2.24, 2.45) is 5.92 Å². The Kier molecular flexibility index (Phi) is 5.11. The molecule has 1 N–H and O–H groups in total. The minimum absolute atomic E-state index is 0.268. The van der Waals surface area contributed by atoms with Crippen LogP contribution in [0.4, 0.5) is 0 Å². The lowest BCUT2D eigenvalue weighted by atomic mass is 9.93. The second-order valence-corrected chi connectivity index (χ2v) is 4.26. The molecule has 5 atom stereocenters. The van der Waals surface area contributed by atoms with Crippen LogP contribution in [0.5, 0.6) is 0 Å². The first-order valence-electron chi connectivity index (χ1n) is 5.70. The van der Waals surface area contributed by atoms with Crippen molar-refractivity contribution >= 4 is 5.97 Å². The van der Waals surface area contributed by atoms with Crippen LogP contribution < -0.4 is 0 Å². The van der Waals surface area contributed by atoms with Gasteiger partial charge in [-0.2, -0.15) is 0 Å². The van der Waals surface area contributed by atoms with E-state index >= 15 is 0 Å². The summed E-state index contributed by atoms with van der Waals surface area (Å²) in [7, 11) is 0. The van der Waals surface area contributed by atoms with Gasteiger partial charge in [-0.3, -0.25) is 4.79 Å². The maximum atomic E-state index is 10.9. The van der Waals surface area contributed by atoms with Crippen molar-refractivity contribution < 1.29 is 24.1 Å². The summed E-state index contributed by atoms with van der Waals surface area (Å²) in [6.07, 6.45) is -0.737. The maximum absolute atomic E-state index is 10.9. The number of aliphatic hydroxyl groups is 1. The highest BCUT2D eigenvalue weighted by atomic mass is 16.7. The molecule has 5 heteroatoms. The second kappa shape index (κ2) is 6.14. The van der Waals surface area contributed by atoms with E-state index in [1.807, 2.05) is 0 Å². The van der Waals surface area contributed by atoms with Gasteiger partial charge in [0.2, 0.25) is 0 Å². The van der Waals surface area contributed by atoms with Gasteiger partial charge in [0.15, 0.2) is 12.4 Å². The summed E-state index contributed by atoms with van der Waals surface area (Å²) in [5.74, 6) is -0.697. The summed E-state index contributed by atoms with van der Waals surface area (Å²) >= 11 is 0. The molecule has 17 heavy (non-hydrogen) atoms. The minimum atomic E-state index is -0.794. The molecule has 0 amide bonds. The lowest BCUT2D eigenvalue weighted by molar-refractivity contribution is -0.273. The Labute approximate surface area is 101 Å². The van der Waals surface area contributed by atoms with Crippen LogP contribution in [0.3, 0.4) is 0 Å². The first-order valence-corrected chi connectivity index (χ1v) is 5.70. The fourth-order valence-electron chi connectivity index (χ4n) is 1.86. The van der Waals surface area contributed by atoms with E-state index in [2.05, 4.69) is 6.58 Å². The van der Waals surface area contributed by atoms with Gasteiger partial charge < -0.3 is 19.3 Å². The molecule has 0 saturated carbocycles. The van der Waals surface area contributed by atoms with E-state index in [9.17, 15) is 9.90 Å². The Morgan fingerprint density at radius 3 is 2.71 bits per heavy atom. The largest absolute Gasteiger partial charge is 0.457 e. The average Bonchev–Trinajstić information content (AvgIpc) is 2.27. The third-order valence-electron chi connectivity index (χ3n) is 2.80. The first kappa shape index (κ1) is 14.2. The predicted octanol–water partition coefficient (Wildman–Crippen LogP) is 0.862. The number of hydrogen-bond donors (Lipinski definition) is 1. The quantitative estimate of drug-likeness (QED) is 0.587. The zero-order valence-electron chi connectivity index (χ0n) is 10.5. The number of hydrogen-bond acceptors (Lipinski definition) is 5. The van der Waals surface area contributed by atoms with Crippen molar-refractivity contribution in [2.45, 2.75) is 45.4 Å². The Balaban J connectivity index is 2.65. The summed E-state index contributed by atoms with van der Waals surface area (Å²) in [4.78, 5) is 10.9. The van der Waals surface area contributed by atoms with Crippen molar-refractivity contribution in [1.82, 2.24) is 0 Å². The van der Waals surface area contributed by atoms with Crippen LogP contribution in [-0.4, -0.2) is 42.3 Å². The Hall–Kier alpha value is -0.910. The van der Waals surface area contributed by atoms with Crippen LogP contribution in [0, 0.1) is 5.92 Å². The molecule has 0 aromatic heterocycles. The highest BCUT2D eigenvalue weighted by Gasteiger charge is 2.43. The van der Waals surface area contributed by atoms with Crippen LogP contribution in [-0.2, 0) is 19.0 Å². The smallest absolute Gasteiger partial charge is 0.303 e. The van der Waals surface area contributed by atoms with E-state index in [0.717, 1.165) is 0 Å². The topological polar surface area (TPSA) is 65.0 Å². The van der Waals surface area contributed by atoms with Crippen molar-refractivity contribution in [3.63, 3.8) is 0 Å². The fourth-order valence-corrected chi connectivity index (χ4v) is 1.86. The number of ether oxygens (including phenoxy) is 3. The molecule has 2 unspecified atom stereocenters. The van der Waals surface area contributed by atoms with E-state index in [1.165, 1.54) is 6.92 Å².